The number of hydrogen-bond donors (Lipinski definition) is 2. The molecule has 0 aliphatic carbocycles. The quantitative estimate of drug-likeness (QED) is 0.871. The van der Waals surface area contributed by atoms with Crippen LogP contribution in [0.15, 0.2) is 47.6 Å². The van der Waals surface area contributed by atoms with Gasteiger partial charge in [0.15, 0.2) is 0 Å². The van der Waals surface area contributed by atoms with Gasteiger partial charge in [0.25, 0.3) is 0 Å². The molecule has 1 heterocycles. The van der Waals surface area contributed by atoms with Crippen molar-refractivity contribution in [3.8, 4) is 0 Å². The smallest absolute Gasteiger partial charge is 0.240 e. The Bertz CT molecular complexity index is 576. The maximum atomic E-state index is 12.7. The normalized spacial score (nSPS) is 11.6. The van der Waals surface area contributed by atoms with Gasteiger partial charge in [-0.15, -0.1) is 0 Å². The maximum Gasteiger partial charge on any atom is 0.240 e. The van der Waals surface area contributed by atoms with Crippen molar-refractivity contribution in [1.82, 2.24) is 9.71 Å². The summed E-state index contributed by atoms with van der Waals surface area (Å²) >= 11 is 0. The lowest BCUT2D eigenvalue weighted by molar-refractivity contribution is 0.580. The number of aromatic nitrogens is 1. The van der Waals surface area contributed by atoms with Crippen LogP contribution >= 0.6 is 0 Å². The van der Waals surface area contributed by atoms with Crippen molar-refractivity contribution >= 4 is 10.0 Å². The second kappa shape index (κ2) is 4.68. The Labute approximate surface area is 98.5 Å². The van der Waals surface area contributed by atoms with Crippen molar-refractivity contribution in [2.24, 2.45) is 0 Å². The maximum absolute atomic E-state index is 12.7. The fraction of sp³-hybridized carbons (Fsp3) is 0.0909. The lowest BCUT2D eigenvalue weighted by Crippen LogP contribution is -2.22. The van der Waals surface area contributed by atoms with E-state index in [0.717, 1.165) is 17.7 Å². The summed E-state index contributed by atoms with van der Waals surface area (Å²) < 4.78 is 38.7. The zero-order valence-corrected chi connectivity index (χ0v) is 9.67. The van der Waals surface area contributed by atoms with E-state index in [4.69, 9.17) is 0 Å². The van der Waals surface area contributed by atoms with Gasteiger partial charge in [-0.2, -0.15) is 0 Å². The Hall–Kier alpha value is -1.66. The van der Waals surface area contributed by atoms with Gasteiger partial charge in [-0.3, -0.25) is 0 Å². The average molecular weight is 254 g/mol. The molecule has 0 aliphatic rings. The lowest BCUT2D eigenvalue weighted by Gasteiger charge is -2.05. The largest absolute Gasteiger partial charge is 0.367 e. The lowest BCUT2D eigenvalue weighted by atomic mass is 10.3. The van der Waals surface area contributed by atoms with E-state index in [1.165, 1.54) is 12.1 Å². The molecule has 90 valence electrons. The monoisotopic (exact) mass is 254 g/mol. The third-order valence-corrected chi connectivity index (χ3v) is 3.67. The highest BCUT2D eigenvalue weighted by Gasteiger charge is 2.13. The first-order chi connectivity index (χ1) is 8.08. The molecule has 4 nitrogen and oxygen atoms in total. The Kier molecular flexibility index (Phi) is 3.26. The molecule has 17 heavy (non-hydrogen) atoms. The number of sulfonamides is 1. The summed E-state index contributed by atoms with van der Waals surface area (Å²) in [7, 11) is -3.58. The number of H-pyrrole nitrogens is 1. The topological polar surface area (TPSA) is 62.0 Å². The second-order valence-electron chi connectivity index (χ2n) is 3.50. The third kappa shape index (κ3) is 2.92. The molecule has 2 N–H and O–H groups in total. The Balaban J connectivity index is 2.11. The summed E-state index contributed by atoms with van der Waals surface area (Å²) in [5.74, 6) is -0.463. The number of rotatable bonds is 4. The standard InChI is InChI=1S/C11H11FN2O2S/c12-10-1-3-11(4-2-10)17(15,16)14-8-9-5-6-13-7-9/h1-7,13-14H,8H2. The second-order valence-corrected chi connectivity index (χ2v) is 5.26. The van der Waals surface area contributed by atoms with Crippen LogP contribution in [0, 0.1) is 5.82 Å². The van der Waals surface area contributed by atoms with Gasteiger partial charge in [-0.1, -0.05) is 0 Å². The van der Waals surface area contributed by atoms with E-state index in [0.29, 0.717) is 0 Å². The number of aromatic amines is 1. The van der Waals surface area contributed by atoms with Crippen molar-refractivity contribution in [2.45, 2.75) is 11.4 Å². The van der Waals surface area contributed by atoms with Gasteiger partial charge in [0.05, 0.1) is 4.90 Å². The molecule has 0 spiro atoms. The molecule has 0 radical (unpaired) electrons. The predicted octanol–water partition coefficient (Wildman–Crippen LogP) is 1.63. The van der Waals surface area contributed by atoms with Crippen LogP contribution in [0.25, 0.3) is 0 Å². The van der Waals surface area contributed by atoms with Crippen LogP contribution in [0.2, 0.25) is 0 Å². The molecule has 0 atom stereocenters. The van der Waals surface area contributed by atoms with E-state index in [-0.39, 0.29) is 11.4 Å². The van der Waals surface area contributed by atoms with Crippen LogP contribution in [0.3, 0.4) is 0 Å². The van der Waals surface area contributed by atoms with Crippen LogP contribution in [0.1, 0.15) is 5.56 Å². The van der Waals surface area contributed by atoms with Gasteiger partial charge in [0.2, 0.25) is 10.0 Å². The summed E-state index contributed by atoms with van der Waals surface area (Å²) in [5.41, 5.74) is 0.829. The fourth-order valence-corrected chi connectivity index (χ4v) is 2.36. The highest BCUT2D eigenvalue weighted by Crippen LogP contribution is 2.10. The molecule has 0 fully saturated rings. The molecule has 2 aromatic rings. The van der Waals surface area contributed by atoms with Crippen LogP contribution in [-0.2, 0) is 16.6 Å². The molecule has 0 bridgehead atoms. The number of hydrogen-bond acceptors (Lipinski definition) is 2. The van der Waals surface area contributed by atoms with Crippen LogP contribution in [0.4, 0.5) is 4.39 Å². The number of halogens is 1. The van der Waals surface area contributed by atoms with Crippen molar-refractivity contribution in [1.29, 1.82) is 0 Å². The van der Waals surface area contributed by atoms with Gasteiger partial charge >= 0.3 is 0 Å². The van der Waals surface area contributed by atoms with E-state index in [2.05, 4.69) is 9.71 Å². The van der Waals surface area contributed by atoms with Crippen molar-refractivity contribution < 1.29 is 12.8 Å². The van der Waals surface area contributed by atoms with Crippen molar-refractivity contribution in [3.63, 3.8) is 0 Å². The molecule has 0 unspecified atom stereocenters. The zero-order chi connectivity index (χ0) is 12.3. The third-order valence-electron chi connectivity index (χ3n) is 2.25. The summed E-state index contributed by atoms with van der Waals surface area (Å²) in [5, 5.41) is 0. The molecule has 0 saturated heterocycles. The molecule has 6 heteroatoms. The van der Waals surface area contributed by atoms with Gasteiger partial charge in [0, 0.05) is 18.9 Å². The molecule has 0 aliphatic heterocycles. The summed E-state index contributed by atoms with van der Waals surface area (Å²) in [6.07, 6.45) is 3.41. The highest BCUT2D eigenvalue weighted by molar-refractivity contribution is 7.89. The first kappa shape index (κ1) is 11.8. The van der Waals surface area contributed by atoms with Gasteiger partial charge in [-0.25, -0.2) is 17.5 Å². The van der Waals surface area contributed by atoms with Crippen LogP contribution in [0.5, 0.6) is 0 Å². The first-order valence-corrected chi connectivity index (χ1v) is 6.43. The average Bonchev–Trinajstić information content (AvgIpc) is 2.80. The Morgan fingerprint density at radius 3 is 2.47 bits per heavy atom. The summed E-state index contributed by atoms with van der Waals surface area (Å²) in [4.78, 5) is 2.88. The van der Waals surface area contributed by atoms with Crippen LogP contribution in [-0.4, -0.2) is 13.4 Å². The zero-order valence-electron chi connectivity index (χ0n) is 8.85. The minimum absolute atomic E-state index is 0.0504. The molecule has 2 rings (SSSR count). The summed E-state index contributed by atoms with van der Waals surface area (Å²) in [6.45, 7) is 0.198. The predicted molar refractivity (Wildman–Crippen MR) is 61.2 cm³/mol. The Morgan fingerprint density at radius 2 is 1.88 bits per heavy atom. The molecule has 1 aromatic heterocycles. The number of nitrogens with one attached hydrogen (secondary N) is 2. The number of benzene rings is 1. The Morgan fingerprint density at radius 1 is 1.18 bits per heavy atom. The molecular weight excluding hydrogens is 243 g/mol. The highest BCUT2D eigenvalue weighted by atomic mass is 32.2. The molecule has 0 saturated carbocycles. The van der Waals surface area contributed by atoms with Gasteiger partial charge in [0.1, 0.15) is 5.82 Å². The van der Waals surface area contributed by atoms with E-state index in [1.807, 2.05) is 0 Å². The first-order valence-electron chi connectivity index (χ1n) is 4.95. The van der Waals surface area contributed by atoms with Crippen molar-refractivity contribution in [2.75, 3.05) is 0 Å². The molecule has 0 amide bonds. The van der Waals surface area contributed by atoms with E-state index in [9.17, 15) is 12.8 Å². The molecular formula is C11H11FN2O2S. The van der Waals surface area contributed by atoms with E-state index < -0.39 is 15.8 Å². The minimum Gasteiger partial charge on any atom is -0.367 e. The van der Waals surface area contributed by atoms with Crippen molar-refractivity contribution in [3.05, 3.63) is 54.1 Å². The van der Waals surface area contributed by atoms with Gasteiger partial charge in [-0.05, 0) is 35.9 Å². The fourth-order valence-electron chi connectivity index (χ4n) is 1.34. The minimum atomic E-state index is -3.58. The SMILES string of the molecule is O=S(=O)(NCc1cc[nH]c1)c1ccc(F)cc1. The van der Waals surface area contributed by atoms with E-state index >= 15 is 0 Å². The summed E-state index contributed by atoms with van der Waals surface area (Å²) in [6, 6.07) is 6.46. The van der Waals surface area contributed by atoms with Gasteiger partial charge < -0.3 is 4.98 Å². The van der Waals surface area contributed by atoms with Crippen LogP contribution < -0.4 is 4.72 Å². The van der Waals surface area contributed by atoms with E-state index in [1.54, 1.807) is 18.5 Å². The molecule has 1 aromatic carbocycles.